The van der Waals surface area contributed by atoms with Crippen molar-refractivity contribution in [1.29, 1.82) is 0 Å². The highest BCUT2D eigenvalue weighted by Gasteiger charge is 2.46. The van der Waals surface area contributed by atoms with E-state index >= 15 is 0 Å². The van der Waals surface area contributed by atoms with Crippen molar-refractivity contribution >= 4 is 34.2 Å². The average molecular weight is 348 g/mol. The molecule has 0 spiro atoms. The molecule has 0 saturated carbocycles. The van der Waals surface area contributed by atoms with Crippen molar-refractivity contribution in [2.24, 2.45) is 11.8 Å². The molecular formula is C16H20N4O3S. The number of anilines is 1. The fraction of sp³-hybridized carbons (Fsp3) is 0.562. The molecule has 1 aliphatic carbocycles. The molecule has 1 aromatic heterocycles. The van der Waals surface area contributed by atoms with Crippen LogP contribution in [-0.2, 0) is 14.4 Å². The van der Waals surface area contributed by atoms with Gasteiger partial charge < -0.3 is 5.32 Å². The summed E-state index contributed by atoms with van der Waals surface area (Å²) in [4.78, 5) is 37.9. The third-order valence-corrected chi connectivity index (χ3v) is 5.48. The van der Waals surface area contributed by atoms with Crippen LogP contribution >= 0.6 is 11.3 Å². The van der Waals surface area contributed by atoms with Crippen molar-refractivity contribution in [3.05, 3.63) is 17.2 Å². The monoisotopic (exact) mass is 348 g/mol. The van der Waals surface area contributed by atoms with E-state index in [4.69, 9.17) is 0 Å². The maximum atomic E-state index is 12.3. The van der Waals surface area contributed by atoms with E-state index < -0.39 is 0 Å². The summed E-state index contributed by atoms with van der Waals surface area (Å²) in [6.07, 6.45) is 5.19. The lowest BCUT2D eigenvalue weighted by atomic mass is 9.85. The van der Waals surface area contributed by atoms with E-state index in [1.807, 2.05) is 26.0 Å². The molecule has 3 amide bonds. The summed E-state index contributed by atoms with van der Waals surface area (Å²) in [6, 6.07) is 0. The quantitative estimate of drug-likeness (QED) is 0.648. The number of fused-ring (bicyclic) bond motifs is 1. The van der Waals surface area contributed by atoms with Gasteiger partial charge >= 0.3 is 0 Å². The number of nitrogens with zero attached hydrogens (tertiary/aromatic N) is 3. The first-order valence-corrected chi connectivity index (χ1v) is 8.92. The lowest BCUT2D eigenvalue weighted by Crippen LogP contribution is -2.34. The van der Waals surface area contributed by atoms with Gasteiger partial charge in [-0.1, -0.05) is 37.3 Å². The lowest BCUT2D eigenvalue weighted by Gasteiger charge is -2.14. The SMILES string of the molecule is CC(C)c1nnc(NC(=O)CCN2C(=O)[C@H]3CC=CC[C@@H]3C2=O)s1. The molecule has 0 unspecified atom stereocenters. The maximum absolute atomic E-state index is 12.3. The molecule has 3 rings (SSSR count). The van der Waals surface area contributed by atoms with Crippen molar-refractivity contribution in [2.75, 3.05) is 11.9 Å². The van der Waals surface area contributed by atoms with E-state index in [0.29, 0.717) is 18.0 Å². The van der Waals surface area contributed by atoms with Gasteiger partial charge in [-0.2, -0.15) is 0 Å². The van der Waals surface area contributed by atoms with Crippen LogP contribution in [0.1, 0.15) is 44.0 Å². The van der Waals surface area contributed by atoms with Gasteiger partial charge in [-0.3, -0.25) is 19.3 Å². The molecule has 8 heteroatoms. The second-order valence-electron chi connectivity index (χ2n) is 6.38. The number of allylic oxidation sites excluding steroid dienone is 2. The average Bonchev–Trinajstić information content (AvgIpc) is 3.11. The molecule has 24 heavy (non-hydrogen) atoms. The number of imide groups is 1. The van der Waals surface area contributed by atoms with Crippen LogP contribution < -0.4 is 5.32 Å². The first-order chi connectivity index (χ1) is 11.5. The molecule has 0 radical (unpaired) electrons. The Kier molecular flexibility index (Phi) is 4.75. The summed E-state index contributed by atoms with van der Waals surface area (Å²) in [5.41, 5.74) is 0. The second-order valence-corrected chi connectivity index (χ2v) is 7.39. The Balaban J connectivity index is 1.54. The predicted molar refractivity (Wildman–Crippen MR) is 89.3 cm³/mol. The maximum Gasteiger partial charge on any atom is 0.233 e. The van der Waals surface area contributed by atoms with Crippen LogP contribution in [0.2, 0.25) is 0 Å². The van der Waals surface area contributed by atoms with Crippen LogP contribution in [0, 0.1) is 11.8 Å². The molecule has 7 nitrogen and oxygen atoms in total. The van der Waals surface area contributed by atoms with Gasteiger partial charge in [0.05, 0.1) is 11.8 Å². The fourth-order valence-electron chi connectivity index (χ4n) is 3.00. The minimum Gasteiger partial charge on any atom is -0.300 e. The number of rotatable bonds is 5. The molecular weight excluding hydrogens is 328 g/mol. The van der Waals surface area contributed by atoms with E-state index in [2.05, 4.69) is 15.5 Å². The summed E-state index contributed by atoms with van der Waals surface area (Å²) < 4.78 is 0. The number of carbonyl (C=O) groups is 3. The van der Waals surface area contributed by atoms with Crippen molar-refractivity contribution in [3.8, 4) is 0 Å². The van der Waals surface area contributed by atoms with Gasteiger partial charge in [0.25, 0.3) is 0 Å². The Morgan fingerprint density at radius 2 is 1.88 bits per heavy atom. The molecule has 1 aliphatic heterocycles. The molecule has 2 aliphatic rings. The number of aromatic nitrogens is 2. The van der Waals surface area contributed by atoms with Crippen molar-refractivity contribution < 1.29 is 14.4 Å². The Hall–Kier alpha value is -2.09. The first kappa shape index (κ1) is 16.8. The number of carbonyl (C=O) groups excluding carboxylic acids is 3. The van der Waals surface area contributed by atoms with Gasteiger partial charge in [-0.05, 0) is 12.8 Å². The smallest absolute Gasteiger partial charge is 0.233 e. The normalized spacial score (nSPS) is 23.0. The largest absolute Gasteiger partial charge is 0.300 e. The second kappa shape index (κ2) is 6.80. The Bertz CT molecular complexity index is 671. The molecule has 1 aromatic rings. The molecule has 2 atom stereocenters. The van der Waals surface area contributed by atoms with E-state index in [9.17, 15) is 14.4 Å². The first-order valence-electron chi connectivity index (χ1n) is 8.11. The number of hydrogen-bond donors (Lipinski definition) is 1. The highest BCUT2D eigenvalue weighted by Crippen LogP contribution is 2.35. The summed E-state index contributed by atoms with van der Waals surface area (Å²) >= 11 is 1.33. The zero-order chi connectivity index (χ0) is 17.3. The minimum atomic E-state index is -0.268. The summed E-state index contributed by atoms with van der Waals surface area (Å²) in [6.45, 7) is 4.13. The number of hydrogen-bond acceptors (Lipinski definition) is 6. The fourth-order valence-corrected chi connectivity index (χ4v) is 3.76. The van der Waals surface area contributed by atoms with Gasteiger partial charge in [0.15, 0.2) is 0 Å². The van der Waals surface area contributed by atoms with Gasteiger partial charge in [-0.25, -0.2) is 0 Å². The van der Waals surface area contributed by atoms with Crippen molar-refractivity contribution in [3.63, 3.8) is 0 Å². The molecule has 1 N–H and O–H groups in total. The van der Waals surface area contributed by atoms with E-state index in [0.717, 1.165) is 5.01 Å². The molecule has 1 fully saturated rings. The van der Waals surface area contributed by atoms with Crippen molar-refractivity contribution in [2.45, 2.75) is 39.0 Å². The van der Waals surface area contributed by atoms with E-state index in [-0.39, 0.29) is 48.4 Å². The molecule has 1 saturated heterocycles. The molecule has 0 aromatic carbocycles. The summed E-state index contributed by atoms with van der Waals surface area (Å²) in [5, 5.41) is 11.9. The van der Waals surface area contributed by atoms with Crippen LogP contribution in [0.15, 0.2) is 12.2 Å². The zero-order valence-electron chi connectivity index (χ0n) is 13.7. The van der Waals surface area contributed by atoms with Gasteiger partial charge in [0.2, 0.25) is 22.9 Å². The predicted octanol–water partition coefficient (Wildman–Crippen LogP) is 1.94. The van der Waals surface area contributed by atoms with Gasteiger partial charge in [-0.15, -0.1) is 10.2 Å². The van der Waals surface area contributed by atoms with E-state index in [1.54, 1.807) is 0 Å². The topological polar surface area (TPSA) is 92.3 Å². The minimum absolute atomic E-state index is 0.0704. The molecule has 2 heterocycles. The standard InChI is InChI=1S/C16H20N4O3S/c1-9(2)13-18-19-16(24-13)17-12(21)7-8-20-14(22)10-5-3-4-6-11(10)15(20)23/h3-4,9-11H,5-8H2,1-2H3,(H,17,19,21)/t10-,11-/m0/s1. The summed E-state index contributed by atoms with van der Waals surface area (Å²) in [7, 11) is 0. The number of nitrogens with one attached hydrogen (secondary N) is 1. The highest BCUT2D eigenvalue weighted by molar-refractivity contribution is 7.15. The Morgan fingerprint density at radius 3 is 2.42 bits per heavy atom. The molecule has 128 valence electrons. The lowest BCUT2D eigenvalue weighted by molar-refractivity contribution is -0.140. The van der Waals surface area contributed by atoms with Crippen LogP contribution in [0.5, 0.6) is 0 Å². The number of likely N-dealkylation sites (tertiary alicyclic amines) is 1. The van der Waals surface area contributed by atoms with E-state index in [1.165, 1.54) is 16.2 Å². The Labute approximate surface area is 144 Å². The van der Waals surface area contributed by atoms with Crippen LogP contribution in [-0.4, -0.2) is 39.4 Å². The third-order valence-electron chi connectivity index (χ3n) is 4.34. The van der Waals surface area contributed by atoms with Crippen LogP contribution in [0.3, 0.4) is 0 Å². The zero-order valence-corrected chi connectivity index (χ0v) is 14.5. The van der Waals surface area contributed by atoms with Crippen molar-refractivity contribution in [1.82, 2.24) is 15.1 Å². The summed E-state index contributed by atoms with van der Waals surface area (Å²) in [5.74, 6) is -0.815. The highest BCUT2D eigenvalue weighted by atomic mass is 32.1. The third kappa shape index (κ3) is 3.24. The van der Waals surface area contributed by atoms with Crippen LogP contribution in [0.4, 0.5) is 5.13 Å². The molecule has 0 bridgehead atoms. The van der Waals surface area contributed by atoms with Gasteiger partial charge in [0.1, 0.15) is 5.01 Å². The Morgan fingerprint density at radius 1 is 1.25 bits per heavy atom. The number of amides is 3. The van der Waals surface area contributed by atoms with Crippen LogP contribution in [0.25, 0.3) is 0 Å². The van der Waals surface area contributed by atoms with Gasteiger partial charge in [0, 0.05) is 18.9 Å².